The van der Waals surface area contributed by atoms with Crippen molar-refractivity contribution in [3.8, 4) is 0 Å². The van der Waals surface area contributed by atoms with Gasteiger partial charge in [-0.15, -0.1) is 0 Å². The van der Waals surface area contributed by atoms with E-state index in [4.69, 9.17) is 28.9 Å². The second-order valence-corrected chi connectivity index (χ2v) is 8.95. The van der Waals surface area contributed by atoms with Crippen LogP contribution < -0.4 is 0 Å². The van der Waals surface area contributed by atoms with Crippen LogP contribution in [0.25, 0.3) is 17.1 Å². The average molecular weight is 458 g/mol. The Morgan fingerprint density at radius 3 is 2.70 bits per heavy atom. The van der Waals surface area contributed by atoms with Crippen molar-refractivity contribution in [2.45, 2.75) is 13.5 Å². The molecule has 1 fully saturated rings. The molecule has 0 saturated carbocycles. The van der Waals surface area contributed by atoms with E-state index in [1.165, 1.54) is 5.56 Å². The predicted molar refractivity (Wildman–Crippen MR) is 123 cm³/mol. The van der Waals surface area contributed by atoms with Gasteiger partial charge in [0.25, 0.3) is 5.91 Å². The first-order valence-electron chi connectivity index (χ1n) is 9.00. The van der Waals surface area contributed by atoms with Gasteiger partial charge < -0.3 is 9.67 Å². The predicted octanol–water partition coefficient (Wildman–Crippen LogP) is 4.33. The van der Waals surface area contributed by atoms with Gasteiger partial charge in [0.1, 0.15) is 16.7 Å². The molecule has 1 aliphatic rings. The molecule has 0 radical (unpaired) electrons. The number of amides is 1. The largest absolute Gasteiger partial charge is 0.480 e. The molecule has 2 heterocycles. The van der Waals surface area contributed by atoms with Crippen LogP contribution in [0, 0.1) is 6.92 Å². The zero-order chi connectivity index (χ0) is 21.4. The van der Waals surface area contributed by atoms with Gasteiger partial charge in [0.15, 0.2) is 0 Å². The molecule has 0 aliphatic carbocycles. The fourth-order valence-electron chi connectivity index (χ4n) is 3.16. The number of rotatable bonds is 5. The lowest BCUT2D eigenvalue weighted by atomic mass is 10.1. The number of aromatic nitrogens is 2. The molecular weight excluding hydrogens is 442 g/mol. The van der Waals surface area contributed by atoms with Crippen LogP contribution in [-0.2, 0) is 16.1 Å². The van der Waals surface area contributed by atoms with Crippen molar-refractivity contribution in [3.05, 3.63) is 69.3 Å². The first-order valence-corrected chi connectivity index (χ1v) is 10.6. The van der Waals surface area contributed by atoms with Gasteiger partial charge in [0, 0.05) is 17.6 Å². The van der Waals surface area contributed by atoms with Crippen molar-refractivity contribution >= 4 is 68.9 Å². The summed E-state index contributed by atoms with van der Waals surface area (Å²) in [6.07, 6.45) is 1.66. The summed E-state index contributed by atoms with van der Waals surface area (Å²) in [5.41, 5.74) is 3.83. The van der Waals surface area contributed by atoms with Gasteiger partial charge in [-0.2, -0.15) is 0 Å². The number of hydrogen-bond acceptors (Lipinski definition) is 5. The summed E-state index contributed by atoms with van der Waals surface area (Å²) in [6.45, 7) is 2.11. The number of nitrogens with zero attached hydrogens (tertiary/aromatic N) is 3. The number of fused-ring (bicyclic) bond motifs is 1. The molecule has 9 heteroatoms. The smallest absolute Gasteiger partial charge is 0.323 e. The van der Waals surface area contributed by atoms with Gasteiger partial charge in [0.2, 0.25) is 0 Å². The van der Waals surface area contributed by atoms with Crippen LogP contribution in [0.2, 0.25) is 5.02 Å². The first-order chi connectivity index (χ1) is 14.3. The second-order valence-electron chi connectivity index (χ2n) is 6.84. The third-order valence-corrected chi connectivity index (χ3v) is 6.24. The Balaban J connectivity index is 1.78. The highest BCUT2D eigenvalue weighted by atomic mass is 35.5. The van der Waals surface area contributed by atoms with Crippen molar-refractivity contribution in [3.63, 3.8) is 0 Å². The molecule has 4 rings (SSSR count). The number of carbonyl (C=O) groups excluding carboxylic acids is 1. The Hall–Kier alpha value is -2.68. The van der Waals surface area contributed by atoms with Gasteiger partial charge in [-0.05, 0) is 30.7 Å². The summed E-state index contributed by atoms with van der Waals surface area (Å²) in [5.74, 6) is -0.975. The molecule has 1 saturated heterocycles. The van der Waals surface area contributed by atoms with Crippen LogP contribution in [-0.4, -0.2) is 42.3 Å². The first kappa shape index (κ1) is 20.6. The topological polar surface area (TPSA) is 75.4 Å². The van der Waals surface area contributed by atoms with Gasteiger partial charge in [0.05, 0.1) is 15.9 Å². The minimum atomic E-state index is -1.12. The number of halogens is 1. The number of carbonyl (C=O) groups is 2. The normalized spacial score (nSPS) is 15.5. The number of aryl methyl sites for hydroxylation is 1. The van der Waals surface area contributed by atoms with E-state index in [1.807, 2.05) is 47.9 Å². The molecule has 3 aromatic rings. The van der Waals surface area contributed by atoms with Crippen molar-refractivity contribution in [2.24, 2.45) is 0 Å². The Bertz CT molecular complexity index is 1220. The number of thioether (sulfide) groups is 1. The zero-order valence-corrected chi connectivity index (χ0v) is 18.2. The highest BCUT2D eigenvalue weighted by Gasteiger charge is 2.33. The lowest BCUT2D eigenvalue weighted by molar-refractivity contribution is -0.140. The van der Waals surface area contributed by atoms with Crippen LogP contribution >= 0.6 is 35.6 Å². The van der Waals surface area contributed by atoms with Crippen molar-refractivity contribution in [2.75, 3.05) is 6.54 Å². The Kier molecular flexibility index (Phi) is 5.64. The van der Waals surface area contributed by atoms with E-state index in [0.29, 0.717) is 22.3 Å². The maximum absolute atomic E-state index is 12.7. The number of aliphatic carboxylic acids is 1. The molecule has 0 atom stereocenters. The van der Waals surface area contributed by atoms with E-state index in [0.717, 1.165) is 33.3 Å². The Morgan fingerprint density at radius 2 is 2.00 bits per heavy atom. The quantitative estimate of drug-likeness (QED) is 0.454. The summed E-state index contributed by atoms with van der Waals surface area (Å²) in [4.78, 5) is 29.8. The highest BCUT2D eigenvalue weighted by molar-refractivity contribution is 8.26. The van der Waals surface area contributed by atoms with Crippen molar-refractivity contribution < 1.29 is 14.7 Å². The number of hydrogen-bond donors (Lipinski definition) is 1. The molecule has 1 aromatic heterocycles. The molecule has 6 nitrogen and oxygen atoms in total. The van der Waals surface area contributed by atoms with Gasteiger partial charge >= 0.3 is 5.97 Å². The van der Waals surface area contributed by atoms with Gasteiger partial charge in [-0.25, -0.2) is 4.98 Å². The van der Waals surface area contributed by atoms with E-state index in [9.17, 15) is 9.59 Å². The summed E-state index contributed by atoms with van der Waals surface area (Å²) >= 11 is 12.5. The zero-order valence-electron chi connectivity index (χ0n) is 15.8. The number of imidazole rings is 1. The van der Waals surface area contributed by atoms with Crippen LogP contribution in [0.15, 0.2) is 47.4 Å². The molecular formula is C21H16ClN3O3S2. The minimum Gasteiger partial charge on any atom is -0.480 e. The number of benzene rings is 2. The molecule has 0 spiro atoms. The van der Waals surface area contributed by atoms with Gasteiger partial charge in [-0.3, -0.25) is 14.5 Å². The maximum Gasteiger partial charge on any atom is 0.323 e. The Labute approximate surface area is 187 Å². The van der Waals surface area contributed by atoms with Crippen LogP contribution in [0.1, 0.15) is 17.0 Å². The molecule has 1 amide bonds. The molecule has 152 valence electrons. The van der Waals surface area contributed by atoms with Crippen LogP contribution in [0.3, 0.4) is 0 Å². The lowest BCUT2D eigenvalue weighted by Gasteiger charge is -2.10. The van der Waals surface area contributed by atoms with E-state index >= 15 is 0 Å². The number of carboxylic acid groups (broad SMARTS) is 1. The van der Waals surface area contributed by atoms with Crippen molar-refractivity contribution in [1.29, 1.82) is 0 Å². The maximum atomic E-state index is 12.7. The molecule has 30 heavy (non-hydrogen) atoms. The summed E-state index contributed by atoms with van der Waals surface area (Å²) in [6, 6.07) is 13.6. The summed E-state index contributed by atoms with van der Waals surface area (Å²) in [7, 11) is 0. The van der Waals surface area contributed by atoms with E-state index in [1.54, 1.807) is 12.1 Å². The van der Waals surface area contributed by atoms with E-state index in [-0.39, 0.29) is 4.32 Å². The summed E-state index contributed by atoms with van der Waals surface area (Å²) < 4.78 is 2.20. The molecule has 1 N–H and O–H groups in total. The third kappa shape index (κ3) is 4.12. The standard InChI is InChI=1S/C21H16ClN3O3S2/c1-12-2-4-13(5-3-12)10-24-16-8-14(22)6-7-15(16)23-18(24)9-17-20(28)25(11-19(26)27)21(29)30-17/h2-9H,10-11H2,1H3,(H,26,27)/b17-9-. The second kappa shape index (κ2) is 8.22. The SMILES string of the molecule is Cc1ccc(Cn2c(/C=C3\SC(=S)N(CC(=O)O)C3=O)nc3ccc(Cl)cc32)cc1. The van der Waals surface area contributed by atoms with Crippen LogP contribution in [0.4, 0.5) is 0 Å². The monoisotopic (exact) mass is 457 g/mol. The fourth-order valence-corrected chi connectivity index (χ4v) is 4.55. The lowest BCUT2D eigenvalue weighted by Crippen LogP contribution is -2.33. The fraction of sp³-hybridized carbons (Fsp3) is 0.143. The molecule has 2 aromatic carbocycles. The average Bonchev–Trinajstić information content (AvgIpc) is 3.15. The molecule has 1 aliphatic heterocycles. The molecule has 0 bridgehead atoms. The van der Waals surface area contributed by atoms with Crippen molar-refractivity contribution in [1.82, 2.24) is 14.5 Å². The van der Waals surface area contributed by atoms with Crippen LogP contribution in [0.5, 0.6) is 0 Å². The Morgan fingerprint density at radius 1 is 1.27 bits per heavy atom. The summed E-state index contributed by atoms with van der Waals surface area (Å²) in [5, 5.41) is 9.61. The molecule has 0 unspecified atom stereocenters. The number of thiocarbonyl (C=S) groups is 1. The third-order valence-electron chi connectivity index (χ3n) is 4.63. The van der Waals surface area contributed by atoms with E-state index < -0.39 is 18.4 Å². The van der Waals surface area contributed by atoms with Gasteiger partial charge in [-0.1, -0.05) is 65.4 Å². The minimum absolute atomic E-state index is 0.220. The highest BCUT2D eigenvalue weighted by Crippen LogP contribution is 2.33. The van der Waals surface area contributed by atoms with E-state index in [2.05, 4.69) is 4.98 Å². The number of carboxylic acids is 1.